The number of thiophene rings is 1. The van der Waals surface area contributed by atoms with Gasteiger partial charge in [-0.05, 0) is 54.5 Å². The first-order valence-electron chi connectivity index (χ1n) is 9.06. The molecule has 1 heterocycles. The Morgan fingerprint density at radius 1 is 1.17 bits per heavy atom. The highest BCUT2D eigenvalue weighted by atomic mass is 35.5. The van der Waals surface area contributed by atoms with E-state index in [0.29, 0.717) is 11.5 Å². The smallest absolute Gasteiger partial charge is 0.195 e. The third-order valence-corrected chi connectivity index (χ3v) is 5.80. The number of ether oxygens (including phenoxy) is 2. The molecule has 29 heavy (non-hydrogen) atoms. The molecule has 1 aromatic heterocycles. The zero-order valence-electron chi connectivity index (χ0n) is 16.1. The van der Waals surface area contributed by atoms with Gasteiger partial charge >= 0.3 is 0 Å². The van der Waals surface area contributed by atoms with Crippen molar-refractivity contribution < 1.29 is 18.7 Å². The van der Waals surface area contributed by atoms with E-state index in [-0.39, 0.29) is 17.4 Å². The van der Waals surface area contributed by atoms with Crippen molar-refractivity contribution in [2.45, 2.75) is 20.0 Å². The van der Waals surface area contributed by atoms with Gasteiger partial charge in [0.05, 0.1) is 17.0 Å². The van der Waals surface area contributed by atoms with Crippen LogP contribution in [0.15, 0.2) is 54.6 Å². The van der Waals surface area contributed by atoms with Gasteiger partial charge in [0.2, 0.25) is 0 Å². The molecule has 6 heteroatoms. The Hall–Kier alpha value is -2.63. The topological polar surface area (TPSA) is 35.5 Å². The molecule has 0 aliphatic rings. The van der Waals surface area contributed by atoms with E-state index in [9.17, 15) is 9.18 Å². The van der Waals surface area contributed by atoms with E-state index in [1.54, 1.807) is 19.3 Å². The van der Waals surface area contributed by atoms with Crippen molar-refractivity contribution in [3.63, 3.8) is 0 Å². The molecule has 0 amide bonds. The number of carbonyl (C=O) groups is 1. The molecule has 0 saturated heterocycles. The molecule has 3 nitrogen and oxygen atoms in total. The van der Waals surface area contributed by atoms with Crippen LogP contribution >= 0.6 is 22.9 Å². The van der Waals surface area contributed by atoms with Crippen LogP contribution in [-0.2, 0) is 13.0 Å². The predicted octanol–water partition coefficient (Wildman–Crippen LogP) is 6.59. The van der Waals surface area contributed by atoms with E-state index in [1.807, 2.05) is 30.3 Å². The third-order valence-electron chi connectivity index (χ3n) is 4.27. The van der Waals surface area contributed by atoms with Gasteiger partial charge in [0, 0.05) is 16.5 Å². The molecule has 0 aliphatic carbocycles. The van der Waals surface area contributed by atoms with Gasteiger partial charge in [0.1, 0.15) is 23.9 Å². The molecular weight excluding hydrogens is 411 g/mol. The molecule has 0 unspecified atom stereocenters. The third kappa shape index (κ3) is 5.46. The van der Waals surface area contributed by atoms with Gasteiger partial charge in [-0.15, -0.1) is 11.3 Å². The van der Waals surface area contributed by atoms with Gasteiger partial charge in [-0.2, -0.15) is 0 Å². The second-order valence-electron chi connectivity index (χ2n) is 6.25. The van der Waals surface area contributed by atoms with Crippen LogP contribution in [0.5, 0.6) is 11.5 Å². The number of hydrogen-bond acceptors (Lipinski definition) is 4. The molecule has 3 rings (SSSR count). The summed E-state index contributed by atoms with van der Waals surface area (Å²) in [6, 6.07) is 13.6. The maximum atomic E-state index is 13.3. The lowest BCUT2D eigenvalue weighted by Gasteiger charge is -2.11. The monoisotopic (exact) mass is 430 g/mol. The summed E-state index contributed by atoms with van der Waals surface area (Å²) < 4.78 is 24.4. The first-order chi connectivity index (χ1) is 14.0. The highest BCUT2D eigenvalue weighted by Crippen LogP contribution is 2.26. The summed E-state index contributed by atoms with van der Waals surface area (Å²) in [7, 11) is 1.58. The van der Waals surface area contributed by atoms with Crippen LogP contribution < -0.4 is 9.47 Å². The highest BCUT2D eigenvalue weighted by molar-refractivity contribution is 7.14. The van der Waals surface area contributed by atoms with Crippen molar-refractivity contribution in [1.29, 1.82) is 0 Å². The van der Waals surface area contributed by atoms with Gasteiger partial charge in [-0.3, -0.25) is 4.79 Å². The van der Waals surface area contributed by atoms with E-state index >= 15 is 0 Å². The Balaban J connectivity index is 1.73. The zero-order chi connectivity index (χ0) is 20.8. The van der Waals surface area contributed by atoms with Gasteiger partial charge < -0.3 is 9.47 Å². The summed E-state index contributed by atoms with van der Waals surface area (Å²) in [6.45, 7) is 2.28. The van der Waals surface area contributed by atoms with Gasteiger partial charge in [0.25, 0.3) is 0 Å². The Kier molecular flexibility index (Phi) is 7.07. The summed E-state index contributed by atoms with van der Waals surface area (Å²) in [5.74, 6) is 0.598. The molecule has 0 bridgehead atoms. The number of methoxy groups -OCH3 is 1. The number of halogens is 2. The summed E-state index contributed by atoms with van der Waals surface area (Å²) >= 11 is 7.31. The van der Waals surface area contributed by atoms with E-state index in [1.165, 1.54) is 34.4 Å². The maximum Gasteiger partial charge on any atom is 0.195 e. The molecule has 3 aromatic rings. The number of carbonyl (C=O) groups excluding carboxylic acids is 1. The van der Waals surface area contributed by atoms with E-state index in [0.717, 1.165) is 22.4 Å². The van der Waals surface area contributed by atoms with Crippen LogP contribution in [0.4, 0.5) is 4.39 Å². The van der Waals surface area contributed by atoms with Crippen LogP contribution in [-0.4, -0.2) is 12.9 Å². The number of rotatable bonds is 8. The Morgan fingerprint density at radius 2 is 2.00 bits per heavy atom. The summed E-state index contributed by atoms with van der Waals surface area (Å²) in [4.78, 5) is 14.3. The van der Waals surface area contributed by atoms with Crippen LogP contribution in [0, 0.1) is 5.82 Å². The van der Waals surface area contributed by atoms with Gasteiger partial charge in [0.15, 0.2) is 5.78 Å². The molecule has 2 aromatic carbocycles. The SMILES string of the molecule is CCc1ccc(C(=O)/C=C/c2ccc(OC)c(COc3ccc(F)c(Cl)c3)c2)s1. The maximum absolute atomic E-state index is 13.3. The number of ketones is 1. The zero-order valence-corrected chi connectivity index (χ0v) is 17.6. The second-order valence-corrected chi connectivity index (χ2v) is 7.83. The Bertz CT molecular complexity index is 1040. The minimum absolute atomic E-state index is 0.00414. The molecule has 0 fully saturated rings. The van der Waals surface area contributed by atoms with Crippen molar-refractivity contribution in [3.8, 4) is 11.5 Å². The molecule has 0 spiro atoms. The summed E-state index contributed by atoms with van der Waals surface area (Å²) in [5, 5.41) is 0.00414. The van der Waals surface area contributed by atoms with Crippen molar-refractivity contribution in [1.82, 2.24) is 0 Å². The first-order valence-corrected chi connectivity index (χ1v) is 10.3. The first kappa shape index (κ1) is 21.1. The lowest BCUT2D eigenvalue weighted by molar-refractivity contribution is 0.105. The predicted molar refractivity (Wildman–Crippen MR) is 116 cm³/mol. The van der Waals surface area contributed by atoms with Crippen molar-refractivity contribution in [2.75, 3.05) is 7.11 Å². The Labute approximate surface area is 178 Å². The van der Waals surface area contributed by atoms with Crippen LogP contribution in [0.2, 0.25) is 5.02 Å². The van der Waals surface area contributed by atoms with E-state index < -0.39 is 5.82 Å². The second kappa shape index (κ2) is 9.72. The normalized spacial score (nSPS) is 11.0. The van der Waals surface area contributed by atoms with Gasteiger partial charge in [-0.1, -0.05) is 30.7 Å². The van der Waals surface area contributed by atoms with Crippen molar-refractivity contribution in [2.24, 2.45) is 0 Å². The van der Waals surface area contributed by atoms with Crippen molar-refractivity contribution in [3.05, 3.63) is 86.3 Å². The highest BCUT2D eigenvalue weighted by Gasteiger charge is 2.08. The standard InChI is InChI=1S/C23H20ClFO3S/c1-3-18-7-11-23(29-18)21(26)9-4-15-5-10-22(27-2)16(12-15)14-28-17-6-8-20(25)19(24)13-17/h4-13H,3,14H2,1-2H3/b9-4+. The average Bonchev–Trinajstić information content (AvgIpc) is 3.22. The summed E-state index contributed by atoms with van der Waals surface area (Å²) in [6.07, 6.45) is 4.26. The minimum atomic E-state index is -0.495. The number of benzene rings is 2. The molecule has 0 saturated carbocycles. The lowest BCUT2D eigenvalue weighted by atomic mass is 10.1. The Morgan fingerprint density at radius 3 is 2.69 bits per heavy atom. The van der Waals surface area contributed by atoms with Crippen LogP contribution in [0.3, 0.4) is 0 Å². The fourth-order valence-electron chi connectivity index (χ4n) is 2.70. The molecule has 0 atom stereocenters. The molecular formula is C23H20ClFO3S. The molecule has 0 aliphatic heterocycles. The molecule has 150 valence electrons. The van der Waals surface area contributed by atoms with Gasteiger partial charge in [-0.25, -0.2) is 4.39 Å². The quantitative estimate of drug-likeness (QED) is 0.299. The number of allylic oxidation sites excluding steroid dienone is 1. The van der Waals surface area contributed by atoms with E-state index in [2.05, 4.69) is 6.92 Å². The fraction of sp³-hybridized carbons (Fsp3) is 0.174. The fourth-order valence-corrected chi connectivity index (χ4v) is 3.74. The molecule has 0 radical (unpaired) electrons. The number of aryl methyl sites for hydroxylation is 1. The van der Waals surface area contributed by atoms with Crippen molar-refractivity contribution >= 4 is 34.8 Å². The average molecular weight is 431 g/mol. The van der Waals surface area contributed by atoms with Crippen LogP contribution in [0.25, 0.3) is 6.08 Å². The largest absolute Gasteiger partial charge is 0.496 e. The van der Waals surface area contributed by atoms with Crippen LogP contribution in [0.1, 0.15) is 32.6 Å². The lowest BCUT2D eigenvalue weighted by Crippen LogP contribution is -1.99. The minimum Gasteiger partial charge on any atom is -0.496 e. The van der Waals surface area contributed by atoms with E-state index in [4.69, 9.17) is 21.1 Å². The molecule has 0 N–H and O–H groups in total. The number of hydrogen-bond donors (Lipinski definition) is 0. The summed E-state index contributed by atoms with van der Waals surface area (Å²) in [5.41, 5.74) is 1.65.